The molecule has 3 aromatic rings. The van der Waals surface area contributed by atoms with Crippen LogP contribution < -0.4 is 5.14 Å². The lowest BCUT2D eigenvalue weighted by Gasteiger charge is -2.15. The Morgan fingerprint density at radius 2 is 1.88 bits per heavy atom. The van der Waals surface area contributed by atoms with Crippen LogP contribution in [0.25, 0.3) is 22.4 Å². The molecular weight excluding hydrogens is 453 g/mol. The van der Waals surface area contributed by atoms with E-state index in [1.807, 2.05) is 6.07 Å². The van der Waals surface area contributed by atoms with Gasteiger partial charge in [0.2, 0.25) is 10.0 Å². The first kappa shape index (κ1) is 23.4. The van der Waals surface area contributed by atoms with E-state index in [1.165, 1.54) is 42.5 Å². The van der Waals surface area contributed by atoms with Crippen molar-refractivity contribution in [2.75, 3.05) is 12.4 Å². The predicted molar refractivity (Wildman–Crippen MR) is 119 cm³/mol. The van der Waals surface area contributed by atoms with Crippen molar-refractivity contribution in [3.05, 3.63) is 66.0 Å². The summed E-state index contributed by atoms with van der Waals surface area (Å²) in [6, 6.07) is 15.1. The number of esters is 1. The van der Waals surface area contributed by atoms with Gasteiger partial charge >= 0.3 is 5.97 Å². The minimum atomic E-state index is -4.08. The van der Waals surface area contributed by atoms with Crippen molar-refractivity contribution < 1.29 is 22.3 Å². The summed E-state index contributed by atoms with van der Waals surface area (Å²) in [5, 5.41) is 15.3. The quantitative estimate of drug-likeness (QED) is 0.411. The van der Waals surface area contributed by atoms with Gasteiger partial charge in [0, 0.05) is 16.7 Å². The second kappa shape index (κ2) is 9.91. The van der Waals surface area contributed by atoms with E-state index in [2.05, 4.69) is 4.98 Å². The monoisotopic (exact) mass is 471 g/mol. The molecule has 164 valence electrons. The number of thioether (sulfide) groups is 1. The molecule has 2 N–H and O–H groups in total. The second-order valence-electron chi connectivity index (χ2n) is 6.49. The smallest absolute Gasteiger partial charge is 0.316 e. The third-order valence-corrected chi connectivity index (χ3v) is 6.28. The number of pyridine rings is 1. The van der Waals surface area contributed by atoms with E-state index in [9.17, 15) is 22.9 Å². The molecule has 0 bridgehead atoms. The summed E-state index contributed by atoms with van der Waals surface area (Å²) in [4.78, 5) is 16.2. The number of halogens is 1. The van der Waals surface area contributed by atoms with E-state index in [4.69, 9.17) is 9.88 Å². The highest BCUT2D eigenvalue weighted by Crippen LogP contribution is 2.37. The van der Waals surface area contributed by atoms with Gasteiger partial charge in [0.05, 0.1) is 28.5 Å². The third-order valence-electron chi connectivity index (χ3n) is 4.34. The first-order chi connectivity index (χ1) is 15.2. The van der Waals surface area contributed by atoms with Gasteiger partial charge < -0.3 is 4.74 Å². The van der Waals surface area contributed by atoms with Crippen LogP contribution in [0, 0.1) is 17.1 Å². The topological polar surface area (TPSA) is 123 Å². The lowest BCUT2D eigenvalue weighted by Crippen LogP contribution is -2.13. The Labute approximate surface area is 189 Å². The Hall–Kier alpha value is -3.26. The standard InChI is InChI=1S/C22H18FN3O4S2/c1-2-30-20(27)13-31-22-15(12-24)11-18(17-5-3-4-6-19(17)32(25,28)29)21(26-22)14-7-9-16(23)10-8-14/h3-11H,2,13H2,1H3,(H2,25,28,29). The number of sulfonamides is 1. The molecule has 0 aliphatic rings. The van der Waals surface area contributed by atoms with Crippen molar-refractivity contribution in [2.24, 2.45) is 5.14 Å². The van der Waals surface area contributed by atoms with Crippen LogP contribution in [0.1, 0.15) is 12.5 Å². The number of nitrogens with two attached hydrogens (primary N) is 1. The Morgan fingerprint density at radius 3 is 2.50 bits per heavy atom. The van der Waals surface area contributed by atoms with Crippen LogP contribution in [-0.4, -0.2) is 31.7 Å². The summed E-state index contributed by atoms with van der Waals surface area (Å²) in [5.41, 5.74) is 1.53. The number of nitrogens with zero attached hydrogens (tertiary/aromatic N) is 2. The summed E-state index contributed by atoms with van der Waals surface area (Å²) in [6.07, 6.45) is 0. The molecule has 1 aromatic heterocycles. The minimum Gasteiger partial charge on any atom is -0.465 e. The fourth-order valence-electron chi connectivity index (χ4n) is 2.99. The summed E-state index contributed by atoms with van der Waals surface area (Å²) in [7, 11) is -4.08. The fourth-order valence-corrected chi connectivity index (χ4v) is 4.49. The highest BCUT2D eigenvalue weighted by atomic mass is 32.2. The molecule has 0 spiro atoms. The van der Waals surface area contributed by atoms with Crippen LogP contribution in [-0.2, 0) is 19.6 Å². The van der Waals surface area contributed by atoms with Gasteiger partial charge in [0.25, 0.3) is 0 Å². The number of benzene rings is 2. The molecule has 0 radical (unpaired) electrons. The van der Waals surface area contributed by atoms with Gasteiger partial charge in [-0.3, -0.25) is 4.79 Å². The number of nitriles is 1. The number of carbonyl (C=O) groups excluding carboxylic acids is 1. The highest BCUT2D eigenvalue weighted by molar-refractivity contribution is 7.99. The SMILES string of the molecule is CCOC(=O)CSc1nc(-c2ccc(F)cc2)c(-c2ccccc2S(N)(=O)=O)cc1C#N. The molecule has 0 saturated carbocycles. The molecule has 0 amide bonds. The molecule has 0 unspecified atom stereocenters. The second-order valence-corrected chi connectivity index (χ2v) is 8.98. The van der Waals surface area contributed by atoms with Crippen molar-refractivity contribution in [3.8, 4) is 28.5 Å². The van der Waals surface area contributed by atoms with Gasteiger partial charge in [-0.15, -0.1) is 0 Å². The lowest BCUT2D eigenvalue weighted by molar-refractivity contribution is -0.139. The third kappa shape index (κ3) is 5.31. The van der Waals surface area contributed by atoms with Crippen LogP contribution >= 0.6 is 11.8 Å². The number of aromatic nitrogens is 1. The molecule has 0 aliphatic heterocycles. The molecule has 2 aromatic carbocycles. The van der Waals surface area contributed by atoms with Gasteiger partial charge in [0.15, 0.2) is 0 Å². The summed E-state index contributed by atoms with van der Waals surface area (Å²) in [5.74, 6) is -0.980. The van der Waals surface area contributed by atoms with Crippen molar-refractivity contribution in [2.45, 2.75) is 16.8 Å². The predicted octanol–water partition coefficient (Wildman–Crippen LogP) is 3.73. The Kier molecular flexibility index (Phi) is 7.25. The molecule has 3 rings (SSSR count). The van der Waals surface area contributed by atoms with Crippen LogP contribution in [0.15, 0.2) is 64.5 Å². The van der Waals surface area contributed by atoms with E-state index in [0.29, 0.717) is 16.8 Å². The lowest BCUT2D eigenvalue weighted by atomic mass is 9.98. The summed E-state index contributed by atoms with van der Waals surface area (Å²) < 4.78 is 42.8. The normalized spacial score (nSPS) is 11.1. The number of rotatable bonds is 7. The van der Waals surface area contributed by atoms with Crippen LogP contribution in [0.2, 0.25) is 0 Å². The van der Waals surface area contributed by atoms with Gasteiger partial charge in [-0.1, -0.05) is 30.0 Å². The molecule has 0 aliphatic carbocycles. The number of carbonyl (C=O) groups is 1. The first-order valence-corrected chi connectivity index (χ1v) is 11.9. The van der Waals surface area contributed by atoms with Crippen molar-refractivity contribution >= 4 is 27.8 Å². The highest BCUT2D eigenvalue weighted by Gasteiger charge is 2.21. The van der Waals surface area contributed by atoms with E-state index in [-0.39, 0.29) is 33.4 Å². The van der Waals surface area contributed by atoms with Crippen molar-refractivity contribution in [1.29, 1.82) is 5.26 Å². The zero-order valence-electron chi connectivity index (χ0n) is 16.9. The average Bonchev–Trinajstić information content (AvgIpc) is 2.77. The largest absolute Gasteiger partial charge is 0.465 e. The fraction of sp³-hybridized carbons (Fsp3) is 0.136. The van der Waals surface area contributed by atoms with Crippen LogP contribution in [0.4, 0.5) is 4.39 Å². The van der Waals surface area contributed by atoms with E-state index in [1.54, 1.807) is 19.1 Å². The average molecular weight is 472 g/mol. The zero-order valence-corrected chi connectivity index (χ0v) is 18.5. The number of primary sulfonamides is 1. The van der Waals surface area contributed by atoms with Gasteiger partial charge in [-0.05, 0) is 43.3 Å². The number of hydrogen-bond acceptors (Lipinski definition) is 7. The van der Waals surface area contributed by atoms with E-state index < -0.39 is 21.8 Å². The Bertz CT molecular complexity index is 1300. The first-order valence-electron chi connectivity index (χ1n) is 9.36. The maximum absolute atomic E-state index is 13.5. The van der Waals surface area contributed by atoms with E-state index in [0.717, 1.165) is 11.8 Å². The Morgan fingerprint density at radius 1 is 1.19 bits per heavy atom. The molecule has 0 atom stereocenters. The van der Waals surface area contributed by atoms with Crippen LogP contribution in [0.5, 0.6) is 0 Å². The van der Waals surface area contributed by atoms with Gasteiger partial charge in [0.1, 0.15) is 16.9 Å². The van der Waals surface area contributed by atoms with Gasteiger partial charge in [-0.2, -0.15) is 5.26 Å². The van der Waals surface area contributed by atoms with Crippen molar-refractivity contribution in [3.63, 3.8) is 0 Å². The maximum Gasteiger partial charge on any atom is 0.316 e. The van der Waals surface area contributed by atoms with Gasteiger partial charge in [-0.25, -0.2) is 22.9 Å². The molecule has 32 heavy (non-hydrogen) atoms. The molecule has 7 nitrogen and oxygen atoms in total. The molecule has 10 heteroatoms. The van der Waals surface area contributed by atoms with E-state index >= 15 is 0 Å². The summed E-state index contributed by atoms with van der Waals surface area (Å²) in [6.45, 7) is 1.91. The summed E-state index contributed by atoms with van der Waals surface area (Å²) >= 11 is 1.02. The minimum absolute atomic E-state index is 0.0640. The molecule has 0 saturated heterocycles. The molecule has 1 heterocycles. The van der Waals surface area contributed by atoms with Crippen LogP contribution in [0.3, 0.4) is 0 Å². The number of hydrogen-bond donors (Lipinski definition) is 1. The van der Waals surface area contributed by atoms with Crippen molar-refractivity contribution in [1.82, 2.24) is 4.98 Å². The maximum atomic E-state index is 13.5. The Balaban J connectivity index is 2.24. The number of ether oxygens (including phenoxy) is 1. The zero-order chi connectivity index (χ0) is 23.3. The molecular formula is C22H18FN3O4S2. The molecule has 0 fully saturated rings.